The number of esters is 3. The summed E-state index contributed by atoms with van der Waals surface area (Å²) in [5, 5.41) is 0. The van der Waals surface area contributed by atoms with Crippen LogP contribution in [-0.4, -0.2) is 50.0 Å². The lowest BCUT2D eigenvalue weighted by molar-refractivity contribution is -0.163. The molecule has 0 aromatic heterocycles. The lowest BCUT2D eigenvalue weighted by atomic mass is 10.6. The third-order valence-electron chi connectivity index (χ3n) is 1.11. The Labute approximate surface area is 96.4 Å². The fraction of sp³-hybridized carbons (Fsp3) is 0.571. The third kappa shape index (κ3) is 10.6. The number of carbonyl (C=O) groups excluding carboxylic acids is 3. The quantitative estimate of drug-likeness (QED) is 0.347. The number of hydrogen-bond acceptors (Lipinski definition) is 8. The summed E-state index contributed by atoms with van der Waals surface area (Å²) < 4.78 is 41.1. The van der Waals surface area contributed by atoms with Crippen molar-refractivity contribution in [3.63, 3.8) is 0 Å². The highest BCUT2D eigenvalue weighted by Crippen LogP contribution is 1.89. The normalized spacial score (nSPS) is 10.5. The molecule has 98 valence electrons. The van der Waals surface area contributed by atoms with Gasteiger partial charge in [0.2, 0.25) is 5.94 Å². The van der Waals surface area contributed by atoms with Gasteiger partial charge in [0, 0.05) is 6.92 Å². The molecule has 0 saturated carbocycles. The molecule has 10 heteroatoms. The van der Waals surface area contributed by atoms with Gasteiger partial charge in [0.15, 0.2) is 13.2 Å². The standard InChI is InChI=1S/C7H10O9S/c1-5(8)14-2-6(9)15-3-7(10)16-4-17(11,12)13/h2-4H2,1H3,(H,11,12,13). The van der Waals surface area contributed by atoms with Crippen molar-refractivity contribution in [1.82, 2.24) is 0 Å². The largest absolute Gasteiger partial charge is 0.454 e. The first-order valence-corrected chi connectivity index (χ1v) is 5.71. The van der Waals surface area contributed by atoms with Gasteiger partial charge in [0.25, 0.3) is 0 Å². The zero-order valence-corrected chi connectivity index (χ0v) is 9.56. The van der Waals surface area contributed by atoms with Crippen molar-refractivity contribution in [2.24, 2.45) is 0 Å². The maximum absolute atomic E-state index is 10.8. The molecule has 0 aliphatic carbocycles. The second-order valence-electron chi connectivity index (χ2n) is 2.66. The molecule has 0 radical (unpaired) electrons. The van der Waals surface area contributed by atoms with E-state index in [1.807, 2.05) is 0 Å². The van der Waals surface area contributed by atoms with E-state index in [1.165, 1.54) is 0 Å². The van der Waals surface area contributed by atoms with Gasteiger partial charge in [0.1, 0.15) is 0 Å². The number of carbonyl (C=O) groups is 3. The lowest BCUT2D eigenvalue weighted by Gasteiger charge is -2.04. The van der Waals surface area contributed by atoms with Crippen LogP contribution in [0.15, 0.2) is 0 Å². The molecule has 0 rings (SSSR count). The molecule has 0 aromatic rings. The van der Waals surface area contributed by atoms with Crippen LogP contribution >= 0.6 is 0 Å². The van der Waals surface area contributed by atoms with Crippen LogP contribution in [0, 0.1) is 0 Å². The molecule has 0 unspecified atom stereocenters. The number of ether oxygens (including phenoxy) is 3. The van der Waals surface area contributed by atoms with Crippen LogP contribution in [0.4, 0.5) is 0 Å². The van der Waals surface area contributed by atoms with E-state index in [2.05, 4.69) is 14.2 Å². The molecule has 0 aliphatic heterocycles. The van der Waals surface area contributed by atoms with Crippen molar-refractivity contribution in [3.05, 3.63) is 0 Å². The van der Waals surface area contributed by atoms with Crippen LogP contribution < -0.4 is 0 Å². The van der Waals surface area contributed by atoms with Crippen molar-refractivity contribution < 1.29 is 41.6 Å². The van der Waals surface area contributed by atoms with E-state index in [4.69, 9.17) is 4.55 Å². The average Bonchev–Trinajstić information content (AvgIpc) is 2.19. The van der Waals surface area contributed by atoms with Crippen LogP contribution in [-0.2, 0) is 38.7 Å². The molecule has 0 aromatic carbocycles. The molecule has 0 saturated heterocycles. The van der Waals surface area contributed by atoms with Gasteiger partial charge in [-0.3, -0.25) is 9.35 Å². The summed E-state index contributed by atoms with van der Waals surface area (Å²) in [5.74, 6) is -4.09. The number of hydrogen-bond donors (Lipinski definition) is 1. The van der Waals surface area contributed by atoms with Gasteiger partial charge in [-0.05, 0) is 0 Å². The summed E-state index contributed by atoms with van der Waals surface area (Å²) in [5.41, 5.74) is 0. The van der Waals surface area contributed by atoms with Crippen LogP contribution in [0.25, 0.3) is 0 Å². The van der Waals surface area contributed by atoms with E-state index in [0.717, 1.165) is 6.92 Å². The van der Waals surface area contributed by atoms with Gasteiger partial charge in [0.05, 0.1) is 0 Å². The van der Waals surface area contributed by atoms with Crippen molar-refractivity contribution >= 4 is 28.0 Å². The van der Waals surface area contributed by atoms with E-state index >= 15 is 0 Å². The molecule has 0 bridgehead atoms. The molecular formula is C7H10O9S. The Morgan fingerprint density at radius 2 is 1.47 bits per heavy atom. The molecule has 0 spiro atoms. The summed E-state index contributed by atoms with van der Waals surface area (Å²) in [4.78, 5) is 31.8. The summed E-state index contributed by atoms with van der Waals surface area (Å²) in [7, 11) is -4.43. The average molecular weight is 270 g/mol. The van der Waals surface area contributed by atoms with Gasteiger partial charge in [-0.15, -0.1) is 0 Å². The van der Waals surface area contributed by atoms with Crippen molar-refractivity contribution in [2.75, 3.05) is 19.2 Å². The predicted octanol–water partition coefficient (Wildman–Crippen LogP) is -1.52. The molecule has 0 fully saturated rings. The van der Waals surface area contributed by atoms with E-state index < -0.39 is 47.2 Å². The topological polar surface area (TPSA) is 133 Å². The van der Waals surface area contributed by atoms with Gasteiger partial charge in [-0.1, -0.05) is 0 Å². The highest BCUT2D eigenvalue weighted by molar-refractivity contribution is 7.85. The molecule has 0 atom stereocenters. The number of rotatable bonds is 6. The molecule has 0 amide bonds. The molecule has 0 aliphatic rings. The van der Waals surface area contributed by atoms with Gasteiger partial charge < -0.3 is 14.2 Å². The minimum absolute atomic E-state index is 0.666. The van der Waals surface area contributed by atoms with Gasteiger partial charge in [-0.2, -0.15) is 8.42 Å². The molecule has 0 heterocycles. The second kappa shape index (κ2) is 6.81. The zero-order chi connectivity index (χ0) is 13.5. The second-order valence-corrected chi connectivity index (χ2v) is 4.06. The minimum Gasteiger partial charge on any atom is -0.454 e. The smallest absolute Gasteiger partial charge is 0.345 e. The highest BCUT2D eigenvalue weighted by Gasteiger charge is 2.13. The van der Waals surface area contributed by atoms with E-state index in [0.29, 0.717) is 0 Å². The maximum atomic E-state index is 10.8. The van der Waals surface area contributed by atoms with Crippen LogP contribution in [0.2, 0.25) is 0 Å². The molecule has 17 heavy (non-hydrogen) atoms. The molecule has 9 nitrogen and oxygen atoms in total. The van der Waals surface area contributed by atoms with E-state index in [1.54, 1.807) is 0 Å². The Morgan fingerprint density at radius 1 is 1.00 bits per heavy atom. The summed E-state index contributed by atoms with van der Waals surface area (Å²) in [6, 6.07) is 0. The van der Waals surface area contributed by atoms with Gasteiger partial charge in [-0.25, -0.2) is 9.59 Å². The Morgan fingerprint density at radius 3 is 1.94 bits per heavy atom. The SMILES string of the molecule is CC(=O)OCC(=O)OCC(=O)OCS(=O)(=O)O. The first kappa shape index (κ1) is 15.3. The summed E-state index contributed by atoms with van der Waals surface area (Å²) in [6.07, 6.45) is 0. The van der Waals surface area contributed by atoms with Crippen LogP contribution in [0.1, 0.15) is 6.92 Å². The molecule has 1 N–H and O–H groups in total. The Kier molecular flexibility index (Phi) is 6.13. The van der Waals surface area contributed by atoms with Crippen LogP contribution in [0.5, 0.6) is 0 Å². The summed E-state index contributed by atoms with van der Waals surface area (Å²) >= 11 is 0. The van der Waals surface area contributed by atoms with E-state index in [-0.39, 0.29) is 0 Å². The first-order chi connectivity index (χ1) is 7.70. The van der Waals surface area contributed by atoms with Gasteiger partial charge >= 0.3 is 28.0 Å². The fourth-order valence-corrected chi connectivity index (χ4v) is 0.804. The van der Waals surface area contributed by atoms with Crippen LogP contribution in [0.3, 0.4) is 0 Å². The maximum Gasteiger partial charge on any atom is 0.345 e. The molecular weight excluding hydrogens is 260 g/mol. The van der Waals surface area contributed by atoms with Crippen molar-refractivity contribution in [3.8, 4) is 0 Å². The fourth-order valence-electron chi connectivity index (χ4n) is 0.523. The predicted molar refractivity (Wildman–Crippen MR) is 50.1 cm³/mol. The zero-order valence-electron chi connectivity index (χ0n) is 8.74. The first-order valence-electron chi connectivity index (χ1n) is 4.10. The monoisotopic (exact) mass is 270 g/mol. The highest BCUT2D eigenvalue weighted by atomic mass is 32.2. The Hall–Kier alpha value is -1.68. The van der Waals surface area contributed by atoms with Crippen molar-refractivity contribution in [1.29, 1.82) is 0 Å². The van der Waals surface area contributed by atoms with Crippen molar-refractivity contribution in [2.45, 2.75) is 6.92 Å². The Balaban J connectivity index is 3.77. The minimum atomic E-state index is -4.43. The third-order valence-corrected chi connectivity index (χ3v) is 1.53. The Bertz CT molecular complexity index is 396. The van der Waals surface area contributed by atoms with E-state index in [9.17, 15) is 22.8 Å². The lowest BCUT2D eigenvalue weighted by Crippen LogP contribution is -2.22. The summed E-state index contributed by atoms with van der Waals surface area (Å²) in [6.45, 7) is -0.440.